The van der Waals surface area contributed by atoms with Crippen LogP contribution in [0.1, 0.15) is 23.7 Å². The van der Waals surface area contributed by atoms with Gasteiger partial charge in [0.1, 0.15) is 0 Å². The SMILES string of the molecule is CCN(CCCBr)C(=O)c1ccc([N+](=O)[O-])c(OC)c1. The van der Waals surface area contributed by atoms with Gasteiger partial charge in [-0.05, 0) is 19.4 Å². The first-order chi connectivity index (χ1) is 9.54. The molecule has 20 heavy (non-hydrogen) atoms. The molecule has 0 fully saturated rings. The quantitative estimate of drug-likeness (QED) is 0.433. The second-order valence-corrected chi connectivity index (χ2v) is 4.86. The van der Waals surface area contributed by atoms with Gasteiger partial charge >= 0.3 is 5.69 Å². The molecule has 1 amide bonds. The van der Waals surface area contributed by atoms with Gasteiger partial charge in [0.2, 0.25) is 0 Å². The van der Waals surface area contributed by atoms with Crippen LogP contribution in [0.15, 0.2) is 18.2 Å². The number of hydrogen-bond acceptors (Lipinski definition) is 4. The minimum Gasteiger partial charge on any atom is -0.490 e. The fourth-order valence-corrected chi connectivity index (χ4v) is 2.05. The lowest BCUT2D eigenvalue weighted by Crippen LogP contribution is -2.32. The number of nitro groups is 1. The normalized spacial score (nSPS) is 10.2. The fourth-order valence-electron chi connectivity index (χ4n) is 1.80. The van der Waals surface area contributed by atoms with Crippen LogP contribution in [0.5, 0.6) is 5.75 Å². The highest BCUT2D eigenvalue weighted by molar-refractivity contribution is 9.09. The summed E-state index contributed by atoms with van der Waals surface area (Å²) < 4.78 is 4.97. The van der Waals surface area contributed by atoms with Crippen molar-refractivity contribution in [1.29, 1.82) is 0 Å². The van der Waals surface area contributed by atoms with E-state index in [4.69, 9.17) is 4.74 Å². The van der Waals surface area contributed by atoms with Gasteiger partial charge in [-0.2, -0.15) is 0 Å². The Hall–Kier alpha value is -1.63. The predicted octanol–water partition coefficient (Wildman–Crippen LogP) is 2.85. The second-order valence-electron chi connectivity index (χ2n) is 4.07. The van der Waals surface area contributed by atoms with E-state index in [1.165, 1.54) is 25.3 Å². The molecule has 0 spiro atoms. The van der Waals surface area contributed by atoms with Crippen LogP contribution in [0.4, 0.5) is 5.69 Å². The van der Waals surface area contributed by atoms with Gasteiger partial charge < -0.3 is 9.64 Å². The lowest BCUT2D eigenvalue weighted by atomic mass is 10.1. The summed E-state index contributed by atoms with van der Waals surface area (Å²) in [7, 11) is 1.35. The summed E-state index contributed by atoms with van der Waals surface area (Å²) >= 11 is 3.33. The van der Waals surface area contributed by atoms with Crippen molar-refractivity contribution >= 4 is 27.5 Å². The molecule has 0 aliphatic heterocycles. The second kappa shape index (κ2) is 7.84. The lowest BCUT2D eigenvalue weighted by molar-refractivity contribution is -0.385. The van der Waals surface area contributed by atoms with Crippen molar-refractivity contribution in [1.82, 2.24) is 4.90 Å². The Morgan fingerprint density at radius 2 is 2.20 bits per heavy atom. The van der Waals surface area contributed by atoms with E-state index in [0.29, 0.717) is 18.7 Å². The van der Waals surface area contributed by atoms with E-state index in [0.717, 1.165) is 11.8 Å². The Labute approximate surface area is 126 Å². The minimum absolute atomic E-state index is 0.0948. The van der Waals surface area contributed by atoms with E-state index >= 15 is 0 Å². The van der Waals surface area contributed by atoms with Gasteiger partial charge in [0.05, 0.1) is 12.0 Å². The molecule has 0 aromatic heterocycles. The average molecular weight is 345 g/mol. The van der Waals surface area contributed by atoms with Crippen molar-refractivity contribution in [2.24, 2.45) is 0 Å². The molecule has 0 N–H and O–H groups in total. The van der Waals surface area contributed by atoms with Crippen LogP contribution in [-0.4, -0.2) is 41.3 Å². The first-order valence-corrected chi connectivity index (χ1v) is 7.35. The standard InChI is InChI=1S/C13H17BrN2O4/c1-3-15(8-4-7-14)13(17)10-5-6-11(16(18)19)12(9-10)20-2/h5-6,9H,3-4,7-8H2,1-2H3. The molecular weight excluding hydrogens is 328 g/mol. The van der Waals surface area contributed by atoms with Gasteiger partial charge in [-0.1, -0.05) is 15.9 Å². The molecule has 0 saturated carbocycles. The summed E-state index contributed by atoms with van der Waals surface area (Å²) in [5.74, 6) is -0.0564. The largest absolute Gasteiger partial charge is 0.490 e. The van der Waals surface area contributed by atoms with E-state index in [2.05, 4.69) is 15.9 Å². The lowest BCUT2D eigenvalue weighted by Gasteiger charge is -2.20. The summed E-state index contributed by atoms with van der Waals surface area (Å²) in [5.41, 5.74) is 0.247. The number of methoxy groups -OCH3 is 1. The van der Waals surface area contributed by atoms with Gasteiger partial charge in [-0.25, -0.2) is 0 Å². The summed E-state index contributed by atoms with van der Waals surface area (Å²) in [6.07, 6.45) is 0.851. The van der Waals surface area contributed by atoms with E-state index in [-0.39, 0.29) is 17.3 Å². The molecule has 1 aromatic rings. The van der Waals surface area contributed by atoms with Crippen molar-refractivity contribution in [3.05, 3.63) is 33.9 Å². The van der Waals surface area contributed by atoms with Gasteiger partial charge in [0, 0.05) is 36.1 Å². The number of alkyl halides is 1. The Morgan fingerprint density at radius 1 is 1.50 bits per heavy atom. The number of amides is 1. The van der Waals surface area contributed by atoms with Crippen LogP contribution in [0.25, 0.3) is 0 Å². The highest BCUT2D eigenvalue weighted by Gasteiger charge is 2.20. The highest BCUT2D eigenvalue weighted by Crippen LogP contribution is 2.28. The minimum atomic E-state index is -0.532. The highest BCUT2D eigenvalue weighted by atomic mass is 79.9. The first-order valence-electron chi connectivity index (χ1n) is 6.22. The summed E-state index contributed by atoms with van der Waals surface area (Å²) in [5, 5.41) is 11.6. The Balaban J connectivity index is 3.01. The number of hydrogen-bond donors (Lipinski definition) is 0. The van der Waals surface area contributed by atoms with Crippen LogP contribution in [0.3, 0.4) is 0 Å². The average Bonchev–Trinajstić information content (AvgIpc) is 2.46. The molecule has 0 aliphatic rings. The van der Waals surface area contributed by atoms with Crippen molar-refractivity contribution in [2.45, 2.75) is 13.3 Å². The summed E-state index contributed by atoms with van der Waals surface area (Å²) in [6.45, 7) is 3.12. The number of nitrogens with zero attached hydrogens (tertiary/aromatic N) is 2. The molecule has 0 radical (unpaired) electrons. The van der Waals surface area contributed by atoms with Gasteiger partial charge in [0.25, 0.3) is 5.91 Å². The molecule has 7 heteroatoms. The van der Waals surface area contributed by atoms with Crippen LogP contribution in [0.2, 0.25) is 0 Å². The van der Waals surface area contributed by atoms with E-state index in [9.17, 15) is 14.9 Å². The maximum Gasteiger partial charge on any atom is 0.310 e. The van der Waals surface area contributed by atoms with E-state index in [1.54, 1.807) is 4.90 Å². The zero-order valence-electron chi connectivity index (χ0n) is 11.5. The molecule has 0 unspecified atom stereocenters. The van der Waals surface area contributed by atoms with Crippen molar-refractivity contribution in [3.8, 4) is 5.75 Å². The maximum absolute atomic E-state index is 12.3. The van der Waals surface area contributed by atoms with Gasteiger partial charge in [0.15, 0.2) is 5.75 Å². The number of nitro benzene ring substituents is 1. The van der Waals surface area contributed by atoms with Crippen LogP contribution >= 0.6 is 15.9 Å². The molecule has 1 rings (SSSR count). The van der Waals surface area contributed by atoms with Crippen LogP contribution in [-0.2, 0) is 0 Å². The Kier molecular flexibility index (Phi) is 6.44. The zero-order chi connectivity index (χ0) is 15.1. The third-order valence-corrected chi connectivity index (χ3v) is 3.41. The van der Waals surface area contributed by atoms with Gasteiger partial charge in [-0.3, -0.25) is 14.9 Å². The molecule has 0 saturated heterocycles. The number of carbonyl (C=O) groups is 1. The maximum atomic E-state index is 12.3. The van der Waals surface area contributed by atoms with E-state index in [1.807, 2.05) is 6.92 Å². The first kappa shape index (κ1) is 16.4. The van der Waals surface area contributed by atoms with Crippen LogP contribution < -0.4 is 4.74 Å². The monoisotopic (exact) mass is 344 g/mol. The van der Waals surface area contributed by atoms with Crippen molar-refractivity contribution in [2.75, 3.05) is 25.5 Å². The van der Waals surface area contributed by atoms with Crippen molar-refractivity contribution < 1.29 is 14.5 Å². The number of carbonyl (C=O) groups excluding carboxylic acids is 1. The number of rotatable bonds is 7. The topological polar surface area (TPSA) is 72.7 Å². The zero-order valence-corrected chi connectivity index (χ0v) is 13.1. The molecule has 110 valence electrons. The van der Waals surface area contributed by atoms with Crippen molar-refractivity contribution in [3.63, 3.8) is 0 Å². The Morgan fingerprint density at radius 3 is 2.70 bits per heavy atom. The number of benzene rings is 1. The molecular formula is C13H17BrN2O4. The summed E-state index contributed by atoms with van der Waals surface area (Å²) in [4.78, 5) is 24.3. The Bertz CT molecular complexity index is 493. The number of halogens is 1. The molecule has 0 aliphatic carbocycles. The molecule has 0 bridgehead atoms. The van der Waals surface area contributed by atoms with E-state index < -0.39 is 4.92 Å². The molecule has 1 aromatic carbocycles. The molecule has 0 heterocycles. The third-order valence-electron chi connectivity index (χ3n) is 2.85. The molecule has 6 nitrogen and oxygen atoms in total. The van der Waals surface area contributed by atoms with Gasteiger partial charge in [-0.15, -0.1) is 0 Å². The fraction of sp³-hybridized carbons (Fsp3) is 0.462. The molecule has 0 atom stereocenters. The third kappa shape index (κ3) is 3.93. The number of ether oxygens (including phenoxy) is 1. The smallest absolute Gasteiger partial charge is 0.310 e. The summed E-state index contributed by atoms with van der Waals surface area (Å²) in [6, 6.07) is 4.17. The van der Waals surface area contributed by atoms with Crippen LogP contribution in [0, 0.1) is 10.1 Å². The predicted molar refractivity (Wildman–Crippen MR) is 79.6 cm³/mol.